The van der Waals surface area contributed by atoms with Gasteiger partial charge in [-0.3, -0.25) is 4.98 Å². The van der Waals surface area contributed by atoms with Gasteiger partial charge in [0.25, 0.3) is 0 Å². The van der Waals surface area contributed by atoms with Crippen LogP contribution in [0.1, 0.15) is 31.4 Å². The summed E-state index contributed by atoms with van der Waals surface area (Å²) in [6.45, 7) is 2.84. The number of hydrogen-bond acceptors (Lipinski definition) is 3. The molecule has 20 heavy (non-hydrogen) atoms. The van der Waals surface area contributed by atoms with Crippen LogP contribution < -0.4 is 5.32 Å². The van der Waals surface area contributed by atoms with Crippen LogP contribution in [0.25, 0.3) is 10.8 Å². The first-order chi connectivity index (χ1) is 9.85. The molecule has 2 atom stereocenters. The van der Waals surface area contributed by atoms with Crippen molar-refractivity contribution in [2.45, 2.75) is 31.9 Å². The predicted octanol–water partition coefficient (Wildman–Crippen LogP) is 3.31. The molecule has 2 unspecified atom stereocenters. The van der Waals surface area contributed by atoms with Gasteiger partial charge in [-0.05, 0) is 49.7 Å². The van der Waals surface area contributed by atoms with Gasteiger partial charge in [0.1, 0.15) is 0 Å². The molecule has 0 spiro atoms. The highest BCUT2D eigenvalue weighted by Crippen LogP contribution is 2.41. The lowest BCUT2D eigenvalue weighted by atomic mass is 9.94. The second kappa shape index (κ2) is 5.90. The van der Waals surface area contributed by atoms with Crippen LogP contribution in [0.15, 0.2) is 36.7 Å². The highest BCUT2D eigenvalue weighted by Gasteiger charge is 2.37. The van der Waals surface area contributed by atoms with E-state index in [0.717, 1.165) is 6.61 Å². The third-order valence-electron chi connectivity index (χ3n) is 4.14. The molecule has 1 fully saturated rings. The molecule has 0 aliphatic heterocycles. The van der Waals surface area contributed by atoms with E-state index < -0.39 is 0 Å². The normalized spacial score (nSPS) is 18.1. The standard InChI is InChI=1S/C17H22N2O/c1-3-20-17(13-7-8-13)16(18-2)14-6-4-5-12-9-10-19-11-15(12)14/h4-6,9-11,13,16-18H,3,7-8H2,1-2H3. The first kappa shape index (κ1) is 13.5. The Labute approximate surface area is 120 Å². The van der Waals surface area contributed by atoms with E-state index in [4.69, 9.17) is 4.74 Å². The van der Waals surface area contributed by atoms with E-state index in [1.165, 1.54) is 29.2 Å². The molecular weight excluding hydrogens is 248 g/mol. The minimum Gasteiger partial charge on any atom is -0.376 e. The zero-order valence-electron chi connectivity index (χ0n) is 12.2. The van der Waals surface area contributed by atoms with Crippen LogP contribution in [0.3, 0.4) is 0 Å². The Bertz CT molecular complexity index is 575. The van der Waals surface area contributed by atoms with Crippen LogP contribution >= 0.6 is 0 Å². The largest absolute Gasteiger partial charge is 0.376 e. The lowest BCUT2D eigenvalue weighted by Gasteiger charge is -2.28. The van der Waals surface area contributed by atoms with Crippen molar-refractivity contribution in [2.75, 3.05) is 13.7 Å². The van der Waals surface area contributed by atoms with Gasteiger partial charge >= 0.3 is 0 Å². The van der Waals surface area contributed by atoms with Crippen LogP contribution in [0, 0.1) is 5.92 Å². The lowest BCUT2D eigenvalue weighted by molar-refractivity contribution is 0.0208. The minimum atomic E-state index is 0.232. The van der Waals surface area contributed by atoms with Gasteiger partial charge in [-0.2, -0.15) is 0 Å². The Morgan fingerprint density at radius 1 is 1.35 bits per heavy atom. The zero-order valence-corrected chi connectivity index (χ0v) is 12.2. The van der Waals surface area contributed by atoms with Crippen molar-refractivity contribution < 1.29 is 4.74 Å². The molecule has 3 rings (SSSR count). The zero-order chi connectivity index (χ0) is 13.9. The summed E-state index contributed by atoms with van der Waals surface area (Å²) in [5.74, 6) is 0.694. The summed E-state index contributed by atoms with van der Waals surface area (Å²) in [6.07, 6.45) is 6.64. The van der Waals surface area contributed by atoms with Gasteiger partial charge in [0.05, 0.1) is 12.1 Å². The van der Waals surface area contributed by atoms with Gasteiger partial charge in [-0.1, -0.05) is 18.2 Å². The number of ether oxygens (including phenoxy) is 1. The summed E-state index contributed by atoms with van der Waals surface area (Å²) in [6, 6.07) is 8.76. The molecule has 3 nitrogen and oxygen atoms in total. The molecule has 0 saturated heterocycles. The second-order valence-electron chi connectivity index (χ2n) is 5.47. The van der Waals surface area contributed by atoms with E-state index in [0.29, 0.717) is 5.92 Å². The molecule has 1 saturated carbocycles. The quantitative estimate of drug-likeness (QED) is 0.874. The third-order valence-corrected chi connectivity index (χ3v) is 4.14. The number of nitrogens with one attached hydrogen (secondary N) is 1. The SMILES string of the molecule is CCOC(C1CC1)C(NC)c1cccc2ccncc12. The van der Waals surface area contributed by atoms with Gasteiger partial charge in [0.15, 0.2) is 0 Å². The first-order valence-corrected chi connectivity index (χ1v) is 7.46. The Morgan fingerprint density at radius 3 is 2.90 bits per heavy atom. The molecule has 1 aliphatic rings. The van der Waals surface area contributed by atoms with E-state index in [1.807, 2.05) is 19.4 Å². The third kappa shape index (κ3) is 2.56. The van der Waals surface area contributed by atoms with Gasteiger partial charge in [0, 0.05) is 24.4 Å². The number of fused-ring (bicyclic) bond motifs is 1. The van der Waals surface area contributed by atoms with Crippen LogP contribution in [0.5, 0.6) is 0 Å². The lowest BCUT2D eigenvalue weighted by Crippen LogP contribution is -2.33. The fourth-order valence-corrected chi connectivity index (χ4v) is 3.03. The number of benzene rings is 1. The first-order valence-electron chi connectivity index (χ1n) is 7.46. The van der Waals surface area contributed by atoms with Gasteiger partial charge in [-0.15, -0.1) is 0 Å². The molecule has 1 aromatic carbocycles. The van der Waals surface area contributed by atoms with E-state index in [2.05, 4.69) is 41.5 Å². The summed E-state index contributed by atoms with van der Waals surface area (Å²) < 4.78 is 6.04. The van der Waals surface area contributed by atoms with Crippen molar-refractivity contribution in [3.05, 3.63) is 42.2 Å². The average molecular weight is 270 g/mol. The Morgan fingerprint density at radius 2 is 2.20 bits per heavy atom. The topological polar surface area (TPSA) is 34.1 Å². The van der Waals surface area contributed by atoms with Crippen molar-refractivity contribution >= 4 is 10.8 Å². The molecule has 106 valence electrons. The summed E-state index contributed by atoms with van der Waals surface area (Å²) in [4.78, 5) is 4.29. The Kier molecular flexibility index (Phi) is 3.99. The number of rotatable bonds is 6. The maximum atomic E-state index is 6.04. The van der Waals surface area contributed by atoms with Gasteiger partial charge in [0.2, 0.25) is 0 Å². The molecule has 1 aliphatic carbocycles. The number of nitrogens with zero attached hydrogens (tertiary/aromatic N) is 1. The van der Waals surface area contributed by atoms with Crippen LogP contribution in [-0.4, -0.2) is 24.7 Å². The summed E-state index contributed by atoms with van der Waals surface area (Å²) in [5.41, 5.74) is 1.29. The molecule has 1 heterocycles. The molecule has 1 N–H and O–H groups in total. The smallest absolute Gasteiger partial charge is 0.0797 e. The van der Waals surface area contributed by atoms with E-state index in [-0.39, 0.29) is 12.1 Å². The van der Waals surface area contributed by atoms with Crippen LogP contribution in [-0.2, 0) is 4.74 Å². The molecule has 0 bridgehead atoms. The molecule has 2 aromatic rings. The van der Waals surface area contributed by atoms with Crippen LogP contribution in [0.2, 0.25) is 0 Å². The number of likely N-dealkylation sites (N-methyl/N-ethyl adjacent to an activating group) is 1. The Hall–Kier alpha value is -1.45. The van der Waals surface area contributed by atoms with Gasteiger partial charge < -0.3 is 10.1 Å². The summed E-state index contributed by atoms with van der Waals surface area (Å²) >= 11 is 0. The van der Waals surface area contributed by atoms with Crippen molar-refractivity contribution in [3.8, 4) is 0 Å². The van der Waals surface area contributed by atoms with Crippen molar-refractivity contribution in [1.82, 2.24) is 10.3 Å². The van der Waals surface area contributed by atoms with Crippen molar-refractivity contribution in [1.29, 1.82) is 0 Å². The monoisotopic (exact) mass is 270 g/mol. The van der Waals surface area contributed by atoms with Gasteiger partial charge in [-0.25, -0.2) is 0 Å². The van der Waals surface area contributed by atoms with Crippen molar-refractivity contribution in [2.24, 2.45) is 5.92 Å². The molecule has 0 amide bonds. The van der Waals surface area contributed by atoms with E-state index in [1.54, 1.807) is 0 Å². The highest BCUT2D eigenvalue weighted by atomic mass is 16.5. The Balaban J connectivity index is 2.01. The predicted molar refractivity (Wildman–Crippen MR) is 81.7 cm³/mol. The number of hydrogen-bond donors (Lipinski definition) is 1. The van der Waals surface area contributed by atoms with Crippen molar-refractivity contribution in [3.63, 3.8) is 0 Å². The van der Waals surface area contributed by atoms with E-state index in [9.17, 15) is 0 Å². The number of pyridine rings is 1. The molecule has 3 heteroatoms. The molecular formula is C17H22N2O. The maximum Gasteiger partial charge on any atom is 0.0797 e. The molecule has 1 aromatic heterocycles. The fraction of sp³-hybridized carbons (Fsp3) is 0.471. The summed E-state index contributed by atoms with van der Waals surface area (Å²) in [7, 11) is 2.02. The molecule has 0 radical (unpaired) electrons. The summed E-state index contributed by atoms with van der Waals surface area (Å²) in [5, 5.41) is 5.93. The second-order valence-corrected chi connectivity index (χ2v) is 5.47. The maximum absolute atomic E-state index is 6.04. The number of aromatic nitrogens is 1. The average Bonchev–Trinajstić information content (AvgIpc) is 3.32. The van der Waals surface area contributed by atoms with E-state index >= 15 is 0 Å². The highest BCUT2D eigenvalue weighted by molar-refractivity contribution is 5.85. The fourth-order valence-electron chi connectivity index (χ4n) is 3.03. The minimum absolute atomic E-state index is 0.232. The van der Waals surface area contributed by atoms with Crippen LogP contribution in [0.4, 0.5) is 0 Å².